The number of rotatable bonds is 4. The summed E-state index contributed by atoms with van der Waals surface area (Å²) in [6, 6.07) is 4.72. The first-order valence-corrected chi connectivity index (χ1v) is 6.87. The van der Waals surface area contributed by atoms with E-state index in [9.17, 15) is 4.39 Å². The van der Waals surface area contributed by atoms with Crippen molar-refractivity contribution in [3.63, 3.8) is 0 Å². The maximum atomic E-state index is 13.8. The van der Waals surface area contributed by atoms with E-state index in [1.807, 2.05) is 6.92 Å². The molecule has 0 aliphatic heterocycles. The number of benzene rings is 1. The highest BCUT2D eigenvalue weighted by Crippen LogP contribution is 2.29. The summed E-state index contributed by atoms with van der Waals surface area (Å²) in [7, 11) is 0. The average molecular weight is 327 g/mol. The van der Waals surface area contributed by atoms with E-state index in [0.717, 1.165) is 23.1 Å². The molecule has 1 aromatic heterocycles. The SMILES string of the molecule is CCCn1nc(C)c(N)c1Nc1cc(Br)ccc1F. The molecule has 0 bridgehead atoms. The summed E-state index contributed by atoms with van der Waals surface area (Å²) < 4.78 is 16.3. The lowest BCUT2D eigenvalue weighted by Crippen LogP contribution is -2.06. The van der Waals surface area contributed by atoms with E-state index < -0.39 is 0 Å². The maximum absolute atomic E-state index is 13.8. The minimum Gasteiger partial charge on any atom is -0.394 e. The summed E-state index contributed by atoms with van der Waals surface area (Å²) in [5.74, 6) is 0.306. The first-order valence-electron chi connectivity index (χ1n) is 6.08. The number of nitrogens with two attached hydrogens (primary N) is 1. The van der Waals surface area contributed by atoms with Crippen LogP contribution in [0.1, 0.15) is 19.0 Å². The van der Waals surface area contributed by atoms with E-state index in [2.05, 4.69) is 33.3 Å². The minimum atomic E-state index is -0.329. The molecule has 1 aromatic carbocycles. The summed E-state index contributed by atoms with van der Waals surface area (Å²) in [6.45, 7) is 4.62. The molecule has 0 aliphatic carbocycles. The fourth-order valence-electron chi connectivity index (χ4n) is 1.82. The first-order chi connectivity index (χ1) is 9.02. The molecule has 0 radical (unpaired) electrons. The number of nitrogens with zero attached hydrogens (tertiary/aromatic N) is 2. The van der Waals surface area contributed by atoms with Crippen molar-refractivity contribution >= 4 is 33.1 Å². The fraction of sp³-hybridized carbons (Fsp3) is 0.308. The predicted molar refractivity (Wildman–Crippen MR) is 79.1 cm³/mol. The number of hydrogen-bond acceptors (Lipinski definition) is 3. The average Bonchev–Trinajstić information content (AvgIpc) is 2.62. The summed E-state index contributed by atoms with van der Waals surface area (Å²) in [5, 5.41) is 7.37. The van der Waals surface area contributed by atoms with Crippen molar-refractivity contribution in [2.45, 2.75) is 26.8 Å². The van der Waals surface area contributed by atoms with Crippen molar-refractivity contribution in [2.75, 3.05) is 11.1 Å². The Kier molecular flexibility index (Phi) is 4.09. The molecule has 0 amide bonds. The van der Waals surface area contributed by atoms with Crippen LogP contribution in [0.3, 0.4) is 0 Å². The van der Waals surface area contributed by atoms with Gasteiger partial charge in [-0.25, -0.2) is 9.07 Å². The zero-order valence-corrected chi connectivity index (χ0v) is 12.5. The molecule has 4 nitrogen and oxygen atoms in total. The van der Waals surface area contributed by atoms with Gasteiger partial charge in [-0.15, -0.1) is 0 Å². The van der Waals surface area contributed by atoms with Gasteiger partial charge in [-0.2, -0.15) is 5.10 Å². The van der Waals surface area contributed by atoms with Gasteiger partial charge in [0.2, 0.25) is 0 Å². The highest BCUT2D eigenvalue weighted by Gasteiger charge is 2.14. The van der Waals surface area contributed by atoms with Crippen LogP contribution in [-0.4, -0.2) is 9.78 Å². The molecule has 1 heterocycles. The fourth-order valence-corrected chi connectivity index (χ4v) is 2.18. The highest BCUT2D eigenvalue weighted by atomic mass is 79.9. The topological polar surface area (TPSA) is 55.9 Å². The van der Waals surface area contributed by atoms with Gasteiger partial charge < -0.3 is 11.1 Å². The van der Waals surface area contributed by atoms with Crippen LogP contribution in [-0.2, 0) is 6.54 Å². The second-order valence-corrected chi connectivity index (χ2v) is 5.24. The molecule has 2 aromatic rings. The largest absolute Gasteiger partial charge is 0.394 e. The summed E-state index contributed by atoms with van der Waals surface area (Å²) >= 11 is 3.32. The Morgan fingerprint density at radius 1 is 1.47 bits per heavy atom. The lowest BCUT2D eigenvalue weighted by atomic mass is 10.3. The van der Waals surface area contributed by atoms with Crippen molar-refractivity contribution in [1.29, 1.82) is 0 Å². The van der Waals surface area contributed by atoms with Crippen molar-refractivity contribution in [1.82, 2.24) is 9.78 Å². The van der Waals surface area contributed by atoms with Crippen LogP contribution in [0.15, 0.2) is 22.7 Å². The molecular weight excluding hydrogens is 311 g/mol. The van der Waals surface area contributed by atoms with Crippen LogP contribution in [0.2, 0.25) is 0 Å². The van der Waals surface area contributed by atoms with E-state index >= 15 is 0 Å². The van der Waals surface area contributed by atoms with Crippen LogP contribution in [0.25, 0.3) is 0 Å². The van der Waals surface area contributed by atoms with Crippen molar-refractivity contribution < 1.29 is 4.39 Å². The Morgan fingerprint density at radius 2 is 2.21 bits per heavy atom. The number of nitrogens with one attached hydrogen (secondary N) is 1. The molecule has 0 aliphatic rings. The van der Waals surface area contributed by atoms with E-state index in [1.165, 1.54) is 6.07 Å². The maximum Gasteiger partial charge on any atom is 0.152 e. The molecule has 19 heavy (non-hydrogen) atoms. The van der Waals surface area contributed by atoms with E-state index in [-0.39, 0.29) is 5.82 Å². The van der Waals surface area contributed by atoms with Gasteiger partial charge in [0.05, 0.1) is 17.1 Å². The quantitative estimate of drug-likeness (QED) is 0.897. The zero-order valence-electron chi connectivity index (χ0n) is 10.9. The van der Waals surface area contributed by atoms with E-state index in [4.69, 9.17) is 5.73 Å². The van der Waals surface area contributed by atoms with Crippen molar-refractivity contribution in [3.8, 4) is 0 Å². The summed E-state index contributed by atoms with van der Waals surface area (Å²) in [5.41, 5.74) is 7.65. The number of halogens is 2. The van der Waals surface area contributed by atoms with Crippen LogP contribution in [0.4, 0.5) is 21.6 Å². The van der Waals surface area contributed by atoms with Crippen LogP contribution < -0.4 is 11.1 Å². The van der Waals surface area contributed by atoms with Crippen LogP contribution >= 0.6 is 15.9 Å². The first kappa shape index (κ1) is 13.9. The molecule has 102 valence electrons. The monoisotopic (exact) mass is 326 g/mol. The molecular formula is C13H16BrFN4. The third-order valence-electron chi connectivity index (χ3n) is 2.79. The molecule has 0 saturated heterocycles. The van der Waals surface area contributed by atoms with Crippen molar-refractivity contribution in [2.24, 2.45) is 0 Å². The number of aryl methyl sites for hydroxylation is 2. The molecule has 0 atom stereocenters. The van der Waals surface area contributed by atoms with Gasteiger partial charge in [0.15, 0.2) is 5.82 Å². The van der Waals surface area contributed by atoms with Crippen molar-refractivity contribution in [3.05, 3.63) is 34.2 Å². The third kappa shape index (κ3) is 2.89. The normalized spacial score (nSPS) is 10.7. The molecule has 6 heteroatoms. The lowest BCUT2D eigenvalue weighted by Gasteiger charge is -2.11. The Bertz CT molecular complexity index is 595. The number of anilines is 3. The highest BCUT2D eigenvalue weighted by molar-refractivity contribution is 9.10. The number of nitrogen functional groups attached to an aromatic ring is 1. The number of aromatic nitrogens is 2. The second kappa shape index (κ2) is 5.61. The second-order valence-electron chi connectivity index (χ2n) is 4.32. The molecule has 0 unspecified atom stereocenters. The van der Waals surface area contributed by atoms with Crippen LogP contribution in [0, 0.1) is 12.7 Å². The standard InChI is InChI=1S/C13H16BrFN4/c1-3-6-19-13(12(16)8(2)18-19)17-11-7-9(14)4-5-10(11)15/h4-5,7,17H,3,6,16H2,1-2H3. The van der Waals surface area contributed by atoms with Gasteiger partial charge in [-0.3, -0.25) is 0 Å². The molecule has 0 fully saturated rings. The van der Waals surface area contributed by atoms with Gasteiger partial charge in [0, 0.05) is 11.0 Å². The van der Waals surface area contributed by atoms with E-state index in [0.29, 0.717) is 17.2 Å². The smallest absolute Gasteiger partial charge is 0.152 e. The summed E-state index contributed by atoms with van der Waals surface area (Å²) in [6.07, 6.45) is 0.927. The van der Waals surface area contributed by atoms with Gasteiger partial charge in [0.1, 0.15) is 5.82 Å². The van der Waals surface area contributed by atoms with Gasteiger partial charge in [-0.05, 0) is 31.5 Å². The molecule has 0 spiro atoms. The van der Waals surface area contributed by atoms with Gasteiger partial charge >= 0.3 is 0 Å². The Labute approximate surface area is 119 Å². The lowest BCUT2D eigenvalue weighted by molar-refractivity contribution is 0.603. The minimum absolute atomic E-state index is 0.329. The predicted octanol–water partition coefficient (Wildman–Crippen LogP) is 3.83. The Balaban J connectivity index is 2.39. The summed E-state index contributed by atoms with van der Waals surface area (Å²) in [4.78, 5) is 0. The molecule has 3 N–H and O–H groups in total. The molecule has 2 rings (SSSR count). The van der Waals surface area contributed by atoms with Gasteiger partial charge in [0.25, 0.3) is 0 Å². The Morgan fingerprint density at radius 3 is 2.89 bits per heavy atom. The zero-order chi connectivity index (χ0) is 14.0. The van der Waals surface area contributed by atoms with E-state index in [1.54, 1.807) is 16.8 Å². The molecule has 0 saturated carbocycles. The Hall–Kier alpha value is -1.56. The third-order valence-corrected chi connectivity index (χ3v) is 3.28. The number of hydrogen-bond donors (Lipinski definition) is 2. The van der Waals surface area contributed by atoms with Crippen LogP contribution in [0.5, 0.6) is 0 Å². The van der Waals surface area contributed by atoms with Gasteiger partial charge in [-0.1, -0.05) is 22.9 Å².